The maximum absolute atomic E-state index is 14.6. The smallest absolute Gasteiger partial charge is 0.187 e. The van der Waals surface area contributed by atoms with Crippen molar-refractivity contribution < 1.29 is 44.9 Å². The fourth-order valence-electron chi connectivity index (χ4n) is 10.8. The summed E-state index contributed by atoms with van der Waals surface area (Å²) in [4.78, 5) is 14.6. The van der Waals surface area contributed by atoms with Gasteiger partial charge in [-0.15, -0.1) is 0 Å². The van der Waals surface area contributed by atoms with Crippen LogP contribution in [0.3, 0.4) is 0 Å². The van der Waals surface area contributed by atoms with Gasteiger partial charge in [0.1, 0.15) is 30.2 Å². The van der Waals surface area contributed by atoms with E-state index in [1.165, 1.54) is 5.57 Å². The monoisotopic (exact) mass is 634 g/mol. The summed E-state index contributed by atoms with van der Waals surface area (Å²) in [6.45, 7) is 14.4. The molecule has 256 valence electrons. The first-order chi connectivity index (χ1) is 20.9. The summed E-state index contributed by atoms with van der Waals surface area (Å²) in [5.41, 5.74) is -0.335. The molecule has 0 unspecified atom stereocenters. The van der Waals surface area contributed by atoms with Crippen LogP contribution in [0.5, 0.6) is 0 Å². The van der Waals surface area contributed by atoms with E-state index < -0.39 is 53.7 Å². The van der Waals surface area contributed by atoms with Crippen LogP contribution in [0.2, 0.25) is 0 Å². The van der Waals surface area contributed by atoms with Gasteiger partial charge in [0.15, 0.2) is 6.29 Å². The Morgan fingerprint density at radius 1 is 1.04 bits per heavy atom. The van der Waals surface area contributed by atoms with E-state index in [4.69, 9.17) is 9.47 Å². The standard InChI is InChI=1S/C36H58O9/c1-20(18-37)9-8-15-35(6,43)24-14-16-33(4)25-12-10-21-22(36(25,7)26(39)17-34(24,33)5)11-13-27(32(21,2)3)45-31-30(42)29(41)28(40)23(19-38)44-31/h9-10,22-25,27-31,37-38,40-43H,8,11-19H2,1-7H3/b20-9-/t22-,23+,24+,25+,27-,28+,29-,30+,31-,33+,34-,35+,36-/m1/s1. The van der Waals surface area contributed by atoms with Crippen LogP contribution in [0.25, 0.3) is 0 Å². The van der Waals surface area contributed by atoms with Crippen molar-refractivity contribution in [2.75, 3.05) is 13.2 Å². The number of fused-ring (bicyclic) bond motifs is 5. The highest BCUT2D eigenvalue weighted by Gasteiger charge is 2.71. The first-order valence-electron chi connectivity index (χ1n) is 17.1. The second-order valence-corrected chi connectivity index (χ2v) is 16.5. The van der Waals surface area contributed by atoms with E-state index >= 15 is 0 Å². The maximum atomic E-state index is 14.6. The summed E-state index contributed by atoms with van der Waals surface area (Å²) in [6, 6.07) is 0. The van der Waals surface area contributed by atoms with Gasteiger partial charge in [0.2, 0.25) is 0 Å². The van der Waals surface area contributed by atoms with Crippen molar-refractivity contribution in [2.24, 2.45) is 39.4 Å². The van der Waals surface area contributed by atoms with E-state index in [1.807, 2.05) is 19.9 Å². The summed E-state index contributed by atoms with van der Waals surface area (Å²) >= 11 is 0. The number of allylic oxidation sites excluding steroid dienone is 2. The van der Waals surface area contributed by atoms with Crippen molar-refractivity contribution >= 4 is 5.78 Å². The summed E-state index contributed by atoms with van der Waals surface area (Å²) < 4.78 is 12.0. The van der Waals surface area contributed by atoms with Crippen molar-refractivity contribution in [2.45, 2.75) is 142 Å². The molecular formula is C36H58O9. The van der Waals surface area contributed by atoms with Gasteiger partial charge >= 0.3 is 0 Å². The van der Waals surface area contributed by atoms with Crippen molar-refractivity contribution in [3.8, 4) is 0 Å². The van der Waals surface area contributed by atoms with Crippen molar-refractivity contribution in [3.05, 3.63) is 23.3 Å². The van der Waals surface area contributed by atoms with Crippen LogP contribution in [0.4, 0.5) is 0 Å². The van der Waals surface area contributed by atoms with Crippen molar-refractivity contribution in [1.82, 2.24) is 0 Å². The molecule has 9 nitrogen and oxygen atoms in total. The van der Waals surface area contributed by atoms with E-state index in [9.17, 15) is 35.4 Å². The van der Waals surface area contributed by atoms with Crippen LogP contribution in [-0.2, 0) is 14.3 Å². The van der Waals surface area contributed by atoms with E-state index in [2.05, 4.69) is 40.7 Å². The molecule has 0 aromatic heterocycles. The summed E-state index contributed by atoms with van der Waals surface area (Å²) in [5.74, 6) is 0.462. The zero-order valence-corrected chi connectivity index (χ0v) is 28.3. The zero-order valence-electron chi connectivity index (χ0n) is 28.3. The molecule has 5 aliphatic rings. The molecule has 6 N–H and O–H groups in total. The Bertz CT molecular complexity index is 1190. The molecule has 1 heterocycles. The number of ether oxygens (including phenoxy) is 2. The number of hydrogen-bond acceptors (Lipinski definition) is 9. The molecule has 0 bridgehead atoms. The van der Waals surface area contributed by atoms with Crippen LogP contribution in [0.15, 0.2) is 23.3 Å². The van der Waals surface area contributed by atoms with Gasteiger partial charge in [-0.1, -0.05) is 57.9 Å². The van der Waals surface area contributed by atoms with Crippen molar-refractivity contribution in [1.29, 1.82) is 0 Å². The number of hydrogen-bond donors (Lipinski definition) is 6. The Hall–Kier alpha value is -1.17. The van der Waals surface area contributed by atoms with E-state index in [0.717, 1.165) is 31.3 Å². The number of carbonyl (C=O) groups is 1. The van der Waals surface area contributed by atoms with Crippen LogP contribution in [0.1, 0.15) is 99.8 Å². The molecule has 13 atom stereocenters. The number of Topliss-reactive ketones (excluding diaryl/α,β-unsaturated/α-hetero) is 1. The molecule has 1 saturated heterocycles. The Balaban J connectivity index is 1.40. The lowest BCUT2D eigenvalue weighted by Crippen LogP contribution is -2.64. The van der Waals surface area contributed by atoms with E-state index in [1.54, 1.807) is 0 Å². The largest absolute Gasteiger partial charge is 0.394 e. The Kier molecular flexibility index (Phi) is 9.42. The van der Waals surface area contributed by atoms with Crippen LogP contribution in [-0.4, -0.2) is 92.0 Å². The molecule has 0 radical (unpaired) electrons. The van der Waals surface area contributed by atoms with Gasteiger partial charge in [0.05, 0.1) is 24.9 Å². The normalized spacial score (nSPS) is 47.8. The van der Waals surface area contributed by atoms with Gasteiger partial charge in [0.25, 0.3) is 0 Å². The van der Waals surface area contributed by atoms with Gasteiger partial charge in [-0.25, -0.2) is 0 Å². The first-order valence-corrected chi connectivity index (χ1v) is 17.1. The molecule has 4 fully saturated rings. The minimum absolute atomic E-state index is 0.00387. The highest BCUT2D eigenvalue weighted by atomic mass is 16.7. The first kappa shape index (κ1) is 35.1. The number of rotatable bonds is 8. The lowest BCUT2D eigenvalue weighted by atomic mass is 9.38. The third-order valence-corrected chi connectivity index (χ3v) is 13.9. The molecule has 0 aromatic rings. The molecule has 0 amide bonds. The number of carbonyl (C=O) groups excluding carboxylic acids is 1. The third kappa shape index (κ3) is 5.32. The number of ketones is 1. The second-order valence-electron chi connectivity index (χ2n) is 16.5. The minimum atomic E-state index is -1.50. The SMILES string of the molecule is C/C(=C/CC[C@](C)(O)[C@H]1CC[C@@]2(C)[C@@H]3CC=C4[C@@H](CC[C@@H](O[C@H]5O[C@@H](CO)[C@H](O)[C@@H](O)[C@@H]5O)C4(C)C)[C@@]3(C)C(=O)C[C@]12C)CO. The molecule has 0 spiro atoms. The fraction of sp³-hybridized carbons (Fsp3) is 0.861. The van der Waals surface area contributed by atoms with Gasteiger partial charge in [-0.3, -0.25) is 4.79 Å². The molecular weight excluding hydrogens is 576 g/mol. The van der Waals surface area contributed by atoms with Gasteiger partial charge in [-0.05, 0) is 87.4 Å². The fourth-order valence-corrected chi connectivity index (χ4v) is 10.8. The van der Waals surface area contributed by atoms with Gasteiger partial charge < -0.3 is 40.1 Å². The summed E-state index contributed by atoms with van der Waals surface area (Å²) in [7, 11) is 0. The average Bonchev–Trinajstić information content (AvgIpc) is 3.25. The quantitative estimate of drug-likeness (QED) is 0.220. The maximum Gasteiger partial charge on any atom is 0.187 e. The second kappa shape index (κ2) is 12.1. The predicted octanol–water partition coefficient (Wildman–Crippen LogP) is 3.43. The molecule has 5 rings (SSSR count). The number of aliphatic hydroxyl groups excluding tert-OH is 5. The van der Waals surface area contributed by atoms with Crippen molar-refractivity contribution in [3.63, 3.8) is 0 Å². The van der Waals surface area contributed by atoms with Crippen LogP contribution in [0, 0.1) is 39.4 Å². The average molecular weight is 635 g/mol. The predicted molar refractivity (Wildman–Crippen MR) is 169 cm³/mol. The van der Waals surface area contributed by atoms with Gasteiger partial charge in [-0.2, -0.15) is 0 Å². The molecule has 0 aromatic carbocycles. The Morgan fingerprint density at radius 3 is 2.38 bits per heavy atom. The van der Waals surface area contributed by atoms with Crippen LogP contribution < -0.4 is 0 Å². The van der Waals surface area contributed by atoms with E-state index in [-0.39, 0.29) is 47.1 Å². The zero-order chi connectivity index (χ0) is 33.3. The summed E-state index contributed by atoms with van der Waals surface area (Å²) in [6.07, 6.45) is 3.03. The van der Waals surface area contributed by atoms with E-state index in [0.29, 0.717) is 25.7 Å². The molecule has 1 aliphatic heterocycles. The summed E-state index contributed by atoms with van der Waals surface area (Å²) in [5, 5.41) is 62.1. The lowest BCUT2D eigenvalue weighted by Gasteiger charge is -2.65. The minimum Gasteiger partial charge on any atom is -0.394 e. The topological polar surface area (TPSA) is 157 Å². The lowest BCUT2D eigenvalue weighted by molar-refractivity contribution is -0.319. The highest BCUT2D eigenvalue weighted by Crippen LogP contribution is 2.74. The third-order valence-electron chi connectivity index (χ3n) is 13.9. The highest BCUT2D eigenvalue weighted by molar-refractivity contribution is 5.88. The molecule has 45 heavy (non-hydrogen) atoms. The Labute approximate surface area is 268 Å². The molecule has 3 saturated carbocycles. The number of aliphatic hydroxyl groups is 6. The molecule has 9 heteroatoms. The molecule has 4 aliphatic carbocycles. The van der Waals surface area contributed by atoms with Crippen LogP contribution >= 0.6 is 0 Å². The Morgan fingerprint density at radius 2 is 1.73 bits per heavy atom. The van der Waals surface area contributed by atoms with Gasteiger partial charge in [0, 0.05) is 17.3 Å².